The predicted octanol–water partition coefficient (Wildman–Crippen LogP) is 3.35. The van der Waals surface area contributed by atoms with Crippen LogP contribution in [0.3, 0.4) is 0 Å². The molecule has 0 saturated heterocycles. The summed E-state index contributed by atoms with van der Waals surface area (Å²) >= 11 is 0. The van der Waals surface area contributed by atoms with Crippen LogP contribution in [0, 0.1) is 6.92 Å². The van der Waals surface area contributed by atoms with E-state index in [1.807, 2.05) is 6.92 Å². The molecule has 1 saturated carbocycles. The Kier molecular flexibility index (Phi) is 6.13. The summed E-state index contributed by atoms with van der Waals surface area (Å²) in [6, 6.07) is 10.1. The molecule has 0 aliphatic heterocycles. The fourth-order valence-electron chi connectivity index (χ4n) is 4.30. The second-order valence-corrected chi connectivity index (χ2v) is 13.6. The molecule has 10 nitrogen and oxygen atoms in total. The molecule has 0 amide bonds. The molecule has 3 aromatic rings. The van der Waals surface area contributed by atoms with Crippen molar-refractivity contribution < 1.29 is 39.1 Å². The van der Waals surface area contributed by atoms with Gasteiger partial charge in [-0.2, -0.15) is 16.8 Å². The maximum absolute atomic E-state index is 13.7. The maximum Gasteiger partial charge on any atom is 0.294 e. The molecule has 0 radical (unpaired) electrons. The van der Waals surface area contributed by atoms with Crippen molar-refractivity contribution in [3.8, 4) is 5.75 Å². The highest BCUT2D eigenvalue weighted by molar-refractivity contribution is 7.92. The van der Waals surface area contributed by atoms with Crippen molar-refractivity contribution in [2.75, 3.05) is 5.73 Å². The summed E-state index contributed by atoms with van der Waals surface area (Å²) in [6.07, 6.45) is 1.29. The van der Waals surface area contributed by atoms with Gasteiger partial charge in [0.2, 0.25) is 14.8 Å². The number of aryl methyl sites for hydroxylation is 1. The van der Waals surface area contributed by atoms with Gasteiger partial charge < -0.3 is 10.5 Å². The van der Waals surface area contributed by atoms with Crippen LogP contribution in [-0.2, 0) is 30.1 Å². The predicted molar refractivity (Wildman–Crippen MR) is 128 cm³/mol. The Labute approximate surface area is 203 Å². The molecule has 13 heteroatoms. The Bertz CT molecular complexity index is 1630. The van der Waals surface area contributed by atoms with Crippen molar-refractivity contribution in [1.82, 2.24) is 0 Å². The maximum atomic E-state index is 13.7. The van der Waals surface area contributed by atoms with Crippen LogP contribution in [0.15, 0.2) is 63.2 Å². The van der Waals surface area contributed by atoms with Gasteiger partial charge in [0, 0.05) is 30.0 Å². The minimum absolute atomic E-state index is 0.0295. The Balaban J connectivity index is 1.98. The van der Waals surface area contributed by atoms with Crippen molar-refractivity contribution in [3.63, 3.8) is 0 Å². The van der Waals surface area contributed by atoms with Gasteiger partial charge in [-0.3, -0.25) is 9.11 Å². The molecule has 0 aromatic heterocycles. The van der Waals surface area contributed by atoms with Crippen molar-refractivity contribution >= 4 is 46.5 Å². The molecule has 1 aliphatic carbocycles. The molecule has 1 aliphatic rings. The lowest BCUT2D eigenvalue weighted by atomic mass is 10.1. The average Bonchev–Trinajstić information content (AvgIpc) is 3.22. The third-order valence-corrected chi connectivity index (χ3v) is 10.1. The van der Waals surface area contributed by atoms with E-state index in [1.165, 1.54) is 12.1 Å². The van der Waals surface area contributed by atoms with Crippen LogP contribution in [0.1, 0.15) is 31.2 Å². The van der Waals surface area contributed by atoms with Gasteiger partial charge in [-0.1, -0.05) is 17.7 Å². The number of hydrogen-bond acceptors (Lipinski definition) is 8. The third-order valence-electron chi connectivity index (χ3n) is 6.07. The van der Waals surface area contributed by atoms with Crippen molar-refractivity contribution in [2.45, 2.75) is 52.2 Å². The molecule has 4 N–H and O–H groups in total. The second-order valence-electron chi connectivity index (χ2n) is 8.52. The van der Waals surface area contributed by atoms with E-state index < -0.39 is 44.8 Å². The number of benzene rings is 3. The van der Waals surface area contributed by atoms with Gasteiger partial charge in [-0.05, 0) is 55.5 Å². The van der Waals surface area contributed by atoms with Gasteiger partial charge in [-0.25, -0.2) is 8.42 Å². The van der Waals surface area contributed by atoms with Gasteiger partial charge in [-0.15, -0.1) is 0 Å². The van der Waals surface area contributed by atoms with Gasteiger partial charge >= 0.3 is 0 Å². The van der Waals surface area contributed by atoms with Crippen LogP contribution in [0.25, 0.3) is 10.8 Å². The number of nitrogen functional groups attached to an aromatic ring is 1. The van der Waals surface area contributed by atoms with Gasteiger partial charge in [0.25, 0.3) is 20.2 Å². The SMILES string of the molecule is Cc1ccc(S(=O)(=O)C2(Oc3cc(S(=O)(=O)O)cc4cc(S(=O)(=O)O)cc(N)c34)CCCC2)cc1. The fourth-order valence-corrected chi connectivity index (χ4v) is 7.34. The van der Waals surface area contributed by atoms with E-state index in [-0.39, 0.29) is 39.9 Å². The molecule has 0 spiro atoms. The molecule has 0 heterocycles. The topological polar surface area (TPSA) is 178 Å². The summed E-state index contributed by atoms with van der Waals surface area (Å²) in [5, 5.41) is -0.0567. The second kappa shape index (κ2) is 8.45. The van der Waals surface area contributed by atoms with Crippen LogP contribution in [0.4, 0.5) is 5.69 Å². The van der Waals surface area contributed by atoms with Crippen molar-refractivity contribution in [3.05, 3.63) is 54.1 Å². The van der Waals surface area contributed by atoms with Crippen LogP contribution < -0.4 is 10.5 Å². The first-order valence-corrected chi connectivity index (χ1v) is 14.8. The molecule has 0 atom stereocenters. The largest absolute Gasteiger partial charge is 0.470 e. The van der Waals surface area contributed by atoms with Gasteiger partial charge in [0.15, 0.2) is 0 Å². The summed E-state index contributed by atoms with van der Waals surface area (Å²) in [5.74, 6) is -0.257. The number of anilines is 1. The summed E-state index contributed by atoms with van der Waals surface area (Å²) in [4.78, 5) is -2.99. The molecule has 1 fully saturated rings. The molecule has 35 heavy (non-hydrogen) atoms. The zero-order chi connectivity index (χ0) is 25.8. The van der Waals surface area contributed by atoms with E-state index in [2.05, 4.69) is 0 Å². The monoisotopic (exact) mass is 541 g/mol. The Morgan fingerprint density at radius 2 is 1.31 bits per heavy atom. The lowest BCUT2D eigenvalue weighted by Crippen LogP contribution is -2.42. The van der Waals surface area contributed by atoms with E-state index in [9.17, 15) is 34.4 Å². The summed E-state index contributed by atoms with van der Waals surface area (Å²) in [6.45, 7) is 1.81. The van der Waals surface area contributed by atoms with E-state index in [1.54, 1.807) is 12.1 Å². The minimum Gasteiger partial charge on any atom is -0.470 e. The highest BCUT2D eigenvalue weighted by atomic mass is 32.2. The average molecular weight is 542 g/mol. The number of nitrogens with two attached hydrogens (primary N) is 1. The molecular formula is C22H23NO9S3. The first-order chi connectivity index (χ1) is 16.1. The molecule has 188 valence electrons. The summed E-state index contributed by atoms with van der Waals surface area (Å²) in [7, 11) is -13.6. The van der Waals surface area contributed by atoms with Gasteiger partial charge in [0.05, 0.1) is 14.7 Å². The highest BCUT2D eigenvalue weighted by Crippen LogP contribution is 2.45. The number of sulfone groups is 1. The summed E-state index contributed by atoms with van der Waals surface area (Å²) < 4.78 is 99.9. The smallest absolute Gasteiger partial charge is 0.294 e. The van der Waals surface area contributed by atoms with Gasteiger partial charge in [0.1, 0.15) is 5.75 Å². The van der Waals surface area contributed by atoms with Crippen molar-refractivity contribution in [2.24, 2.45) is 0 Å². The van der Waals surface area contributed by atoms with Crippen LogP contribution in [-0.4, -0.2) is 39.3 Å². The molecular weight excluding hydrogens is 518 g/mol. The zero-order valence-electron chi connectivity index (χ0n) is 18.5. The number of ether oxygens (including phenoxy) is 1. The third kappa shape index (κ3) is 4.61. The molecule has 0 bridgehead atoms. The highest BCUT2D eigenvalue weighted by Gasteiger charge is 2.49. The van der Waals surface area contributed by atoms with E-state index in [0.29, 0.717) is 12.8 Å². The number of fused-ring (bicyclic) bond motifs is 1. The molecule has 3 aromatic carbocycles. The summed E-state index contributed by atoms with van der Waals surface area (Å²) in [5.41, 5.74) is 6.71. The first kappa shape index (κ1) is 25.4. The normalized spacial score (nSPS) is 16.4. The van der Waals surface area contributed by atoms with Crippen molar-refractivity contribution in [1.29, 1.82) is 0 Å². The minimum atomic E-state index is -4.81. The lowest BCUT2D eigenvalue weighted by Gasteiger charge is -2.31. The fraction of sp³-hybridized carbons (Fsp3) is 0.273. The first-order valence-electron chi connectivity index (χ1n) is 10.5. The quantitative estimate of drug-likeness (QED) is 0.309. The van der Waals surface area contributed by atoms with Crippen LogP contribution in [0.5, 0.6) is 5.75 Å². The zero-order valence-corrected chi connectivity index (χ0v) is 21.0. The Hall–Kier alpha value is -2.71. The number of rotatable bonds is 6. The van der Waals surface area contributed by atoms with E-state index >= 15 is 0 Å². The molecule has 0 unspecified atom stereocenters. The Morgan fingerprint density at radius 1 is 0.800 bits per heavy atom. The van der Waals surface area contributed by atoms with E-state index in [0.717, 1.165) is 29.8 Å². The van der Waals surface area contributed by atoms with Crippen LogP contribution >= 0.6 is 0 Å². The van der Waals surface area contributed by atoms with E-state index in [4.69, 9.17) is 10.5 Å². The lowest BCUT2D eigenvalue weighted by molar-refractivity contribution is 0.162. The Morgan fingerprint density at radius 3 is 1.83 bits per heavy atom. The standard InChI is InChI=1S/C22H23NO9S3/c1-14-4-6-16(7-5-14)33(24,25)22(8-2-3-9-22)32-20-13-18(35(29,30)31)11-15-10-17(34(26,27)28)12-19(23)21(15)20/h4-7,10-13H,2-3,8-9,23H2,1H3,(H,26,27,28)(H,29,30,31). The molecule has 4 rings (SSSR count). The number of hydrogen-bond donors (Lipinski definition) is 3. The van der Waals surface area contributed by atoms with Crippen LogP contribution in [0.2, 0.25) is 0 Å².